The largest absolute Gasteiger partial charge is 0.398 e. The van der Waals surface area contributed by atoms with Crippen LogP contribution in [0.4, 0.5) is 11.4 Å². The Kier molecular flexibility index (Phi) is 3.48. The molecular formula is C15H13N3O. The van der Waals surface area contributed by atoms with E-state index >= 15 is 0 Å². The van der Waals surface area contributed by atoms with Gasteiger partial charge >= 0.3 is 0 Å². The Hall–Kier alpha value is -2.80. The first-order valence-electron chi connectivity index (χ1n) is 5.78. The maximum absolute atomic E-state index is 12.0. The zero-order valence-electron chi connectivity index (χ0n) is 10.5. The number of hydrogen-bond donors (Lipinski definition) is 2. The Balaban J connectivity index is 2.21. The topological polar surface area (TPSA) is 78.9 Å². The van der Waals surface area contributed by atoms with Gasteiger partial charge in [-0.25, -0.2) is 0 Å². The van der Waals surface area contributed by atoms with Crippen LogP contribution in [0.5, 0.6) is 0 Å². The average Bonchev–Trinajstić information content (AvgIpc) is 2.43. The van der Waals surface area contributed by atoms with Gasteiger partial charge in [-0.2, -0.15) is 5.26 Å². The Morgan fingerprint density at radius 3 is 2.74 bits per heavy atom. The highest BCUT2D eigenvalue weighted by Crippen LogP contribution is 2.17. The van der Waals surface area contributed by atoms with E-state index in [1.807, 2.05) is 19.1 Å². The second-order valence-electron chi connectivity index (χ2n) is 4.22. The molecular weight excluding hydrogens is 238 g/mol. The molecule has 94 valence electrons. The fourth-order valence-corrected chi connectivity index (χ4v) is 1.65. The van der Waals surface area contributed by atoms with Gasteiger partial charge in [0.05, 0.1) is 11.6 Å². The molecule has 0 aliphatic carbocycles. The lowest BCUT2D eigenvalue weighted by Gasteiger charge is -2.07. The molecule has 0 aliphatic rings. The van der Waals surface area contributed by atoms with Gasteiger partial charge in [-0.15, -0.1) is 0 Å². The molecule has 2 aromatic rings. The summed E-state index contributed by atoms with van der Waals surface area (Å²) in [6.07, 6.45) is 0. The molecule has 0 saturated heterocycles. The molecule has 0 spiro atoms. The van der Waals surface area contributed by atoms with Crippen LogP contribution in [0.1, 0.15) is 21.5 Å². The SMILES string of the molecule is Cc1ccc(NC(=O)c2cccc(C#N)c2)cc1N. The smallest absolute Gasteiger partial charge is 0.255 e. The summed E-state index contributed by atoms with van der Waals surface area (Å²) < 4.78 is 0. The number of nitrogens with one attached hydrogen (secondary N) is 1. The molecule has 0 saturated carbocycles. The highest BCUT2D eigenvalue weighted by atomic mass is 16.1. The molecule has 0 unspecified atom stereocenters. The van der Waals surface area contributed by atoms with Crippen LogP contribution in [0.2, 0.25) is 0 Å². The Morgan fingerprint density at radius 2 is 2.05 bits per heavy atom. The van der Waals surface area contributed by atoms with Gasteiger partial charge in [0.1, 0.15) is 0 Å². The van der Waals surface area contributed by atoms with Gasteiger partial charge in [-0.05, 0) is 42.8 Å². The van der Waals surface area contributed by atoms with Gasteiger partial charge in [0.15, 0.2) is 0 Å². The minimum atomic E-state index is -0.264. The monoisotopic (exact) mass is 251 g/mol. The van der Waals surface area contributed by atoms with Crippen molar-refractivity contribution in [3.05, 3.63) is 59.2 Å². The number of hydrogen-bond acceptors (Lipinski definition) is 3. The number of nitrogens with zero attached hydrogens (tertiary/aromatic N) is 1. The third-order valence-corrected chi connectivity index (χ3v) is 2.79. The molecule has 0 bridgehead atoms. The molecule has 0 atom stereocenters. The summed E-state index contributed by atoms with van der Waals surface area (Å²) in [5.74, 6) is -0.264. The van der Waals surface area contributed by atoms with Gasteiger partial charge in [0.2, 0.25) is 0 Å². The van der Waals surface area contributed by atoms with E-state index in [1.165, 1.54) is 0 Å². The lowest BCUT2D eigenvalue weighted by molar-refractivity contribution is 0.102. The number of nitrogens with two attached hydrogens (primary N) is 1. The Bertz CT molecular complexity index is 671. The van der Waals surface area contributed by atoms with E-state index < -0.39 is 0 Å². The molecule has 0 aromatic heterocycles. The van der Waals surface area contributed by atoms with E-state index in [0.717, 1.165) is 5.56 Å². The van der Waals surface area contributed by atoms with E-state index in [1.54, 1.807) is 36.4 Å². The Labute approximate surface area is 111 Å². The van der Waals surface area contributed by atoms with Crippen LogP contribution in [-0.2, 0) is 0 Å². The van der Waals surface area contributed by atoms with Crippen molar-refractivity contribution < 1.29 is 4.79 Å². The van der Waals surface area contributed by atoms with Crippen molar-refractivity contribution in [3.63, 3.8) is 0 Å². The molecule has 2 aromatic carbocycles. The third kappa shape index (κ3) is 2.90. The van der Waals surface area contributed by atoms with Gasteiger partial charge in [0, 0.05) is 16.9 Å². The van der Waals surface area contributed by atoms with Gasteiger partial charge in [0.25, 0.3) is 5.91 Å². The highest BCUT2D eigenvalue weighted by Gasteiger charge is 2.07. The fourth-order valence-electron chi connectivity index (χ4n) is 1.65. The minimum absolute atomic E-state index is 0.264. The predicted molar refractivity (Wildman–Crippen MR) is 74.7 cm³/mol. The molecule has 2 rings (SSSR count). The summed E-state index contributed by atoms with van der Waals surface area (Å²) in [6.45, 7) is 1.90. The molecule has 0 fully saturated rings. The predicted octanol–water partition coefficient (Wildman–Crippen LogP) is 2.70. The second-order valence-corrected chi connectivity index (χ2v) is 4.22. The van der Waals surface area contributed by atoms with Crippen LogP contribution in [0.25, 0.3) is 0 Å². The normalized spacial score (nSPS) is 9.68. The van der Waals surface area contributed by atoms with Crippen LogP contribution in [0, 0.1) is 18.3 Å². The zero-order chi connectivity index (χ0) is 13.8. The number of benzene rings is 2. The zero-order valence-corrected chi connectivity index (χ0v) is 10.5. The lowest BCUT2D eigenvalue weighted by Crippen LogP contribution is -2.12. The molecule has 0 aliphatic heterocycles. The van der Waals surface area contributed by atoms with E-state index in [2.05, 4.69) is 5.32 Å². The van der Waals surface area contributed by atoms with Crippen molar-refractivity contribution in [2.45, 2.75) is 6.92 Å². The van der Waals surface area contributed by atoms with Crippen molar-refractivity contribution in [2.75, 3.05) is 11.1 Å². The number of anilines is 2. The molecule has 1 amide bonds. The van der Waals surface area contributed by atoms with Crippen molar-refractivity contribution in [3.8, 4) is 6.07 Å². The minimum Gasteiger partial charge on any atom is -0.398 e. The van der Waals surface area contributed by atoms with Crippen LogP contribution in [0.3, 0.4) is 0 Å². The maximum Gasteiger partial charge on any atom is 0.255 e. The average molecular weight is 251 g/mol. The number of rotatable bonds is 2. The van der Waals surface area contributed by atoms with Gasteiger partial charge in [-0.3, -0.25) is 4.79 Å². The van der Waals surface area contributed by atoms with Crippen LogP contribution < -0.4 is 11.1 Å². The first-order valence-corrected chi connectivity index (χ1v) is 5.78. The molecule has 4 heteroatoms. The van der Waals surface area contributed by atoms with Crippen molar-refractivity contribution >= 4 is 17.3 Å². The van der Waals surface area contributed by atoms with E-state index in [9.17, 15) is 4.79 Å². The number of nitrogen functional groups attached to an aromatic ring is 1. The Morgan fingerprint density at radius 1 is 1.26 bits per heavy atom. The van der Waals surface area contributed by atoms with Crippen molar-refractivity contribution in [1.82, 2.24) is 0 Å². The van der Waals surface area contributed by atoms with E-state index in [-0.39, 0.29) is 5.91 Å². The number of carbonyl (C=O) groups is 1. The van der Waals surface area contributed by atoms with Crippen molar-refractivity contribution in [1.29, 1.82) is 5.26 Å². The highest BCUT2D eigenvalue weighted by molar-refractivity contribution is 6.04. The number of aryl methyl sites for hydroxylation is 1. The van der Waals surface area contributed by atoms with E-state index in [4.69, 9.17) is 11.0 Å². The summed E-state index contributed by atoms with van der Waals surface area (Å²) in [6, 6.07) is 13.9. The number of carbonyl (C=O) groups excluding carboxylic acids is 1. The lowest BCUT2D eigenvalue weighted by atomic mass is 10.1. The quantitative estimate of drug-likeness (QED) is 0.805. The van der Waals surface area contributed by atoms with E-state index in [0.29, 0.717) is 22.5 Å². The summed E-state index contributed by atoms with van der Waals surface area (Å²) >= 11 is 0. The third-order valence-electron chi connectivity index (χ3n) is 2.79. The van der Waals surface area contributed by atoms with Crippen molar-refractivity contribution in [2.24, 2.45) is 0 Å². The molecule has 0 radical (unpaired) electrons. The first kappa shape index (κ1) is 12.7. The molecule has 19 heavy (non-hydrogen) atoms. The number of amides is 1. The van der Waals surface area contributed by atoms with Gasteiger partial charge in [-0.1, -0.05) is 12.1 Å². The fraction of sp³-hybridized carbons (Fsp3) is 0.0667. The summed E-state index contributed by atoms with van der Waals surface area (Å²) in [7, 11) is 0. The molecule has 0 heterocycles. The summed E-state index contributed by atoms with van der Waals surface area (Å²) in [4.78, 5) is 12.0. The molecule has 3 N–H and O–H groups in total. The van der Waals surface area contributed by atoms with Gasteiger partial charge < -0.3 is 11.1 Å². The second kappa shape index (κ2) is 5.23. The maximum atomic E-state index is 12.0. The standard InChI is InChI=1S/C15H13N3O/c1-10-5-6-13(8-14(10)17)18-15(19)12-4-2-3-11(7-12)9-16/h2-8H,17H2,1H3,(H,18,19). The summed E-state index contributed by atoms with van der Waals surface area (Å²) in [5.41, 5.74) is 8.91. The van der Waals surface area contributed by atoms with Crippen LogP contribution in [-0.4, -0.2) is 5.91 Å². The van der Waals surface area contributed by atoms with Crippen LogP contribution >= 0.6 is 0 Å². The molecule has 4 nitrogen and oxygen atoms in total. The summed E-state index contributed by atoms with van der Waals surface area (Å²) in [5, 5.41) is 11.6. The number of nitriles is 1. The van der Waals surface area contributed by atoms with Crippen LogP contribution in [0.15, 0.2) is 42.5 Å². The first-order chi connectivity index (χ1) is 9.10.